The molecule has 22 heavy (non-hydrogen) atoms. The summed E-state index contributed by atoms with van der Waals surface area (Å²) < 4.78 is 15.1. The maximum Gasteiger partial charge on any atom is 0.331 e. The number of rotatable bonds is 4. The second-order valence-electron chi connectivity index (χ2n) is 5.12. The van der Waals surface area contributed by atoms with E-state index in [9.17, 15) is 18.8 Å². The van der Waals surface area contributed by atoms with E-state index < -0.39 is 22.3 Å². The van der Waals surface area contributed by atoms with Crippen LogP contribution in [0.3, 0.4) is 0 Å². The van der Waals surface area contributed by atoms with Gasteiger partial charge in [-0.3, -0.25) is 18.7 Å². The second kappa shape index (κ2) is 6.27. The standard InChI is InChI=1S/C15H14ClFN2O3/c1-9(2)18-8-12(13(16)20)14(21)19(15(18)22)7-10-3-5-11(17)6-4-10/h3-6,8-9H,7H2,1-2H3. The molecule has 0 atom stereocenters. The minimum atomic E-state index is -0.924. The van der Waals surface area contributed by atoms with Crippen LogP contribution in [0.15, 0.2) is 40.1 Å². The SMILES string of the molecule is CC(C)n1cc(C(=O)Cl)c(=O)n(Cc2ccc(F)cc2)c1=O. The van der Waals surface area contributed by atoms with E-state index in [0.717, 1.165) is 4.57 Å². The Hall–Kier alpha value is -2.21. The molecule has 1 aromatic heterocycles. The average Bonchev–Trinajstić information content (AvgIpc) is 2.44. The minimum absolute atomic E-state index is 0.0668. The van der Waals surface area contributed by atoms with Crippen molar-refractivity contribution in [2.24, 2.45) is 0 Å². The molecule has 1 aromatic carbocycles. The predicted molar refractivity (Wildman–Crippen MR) is 81.0 cm³/mol. The topological polar surface area (TPSA) is 61.1 Å². The third-order valence-electron chi connectivity index (χ3n) is 3.22. The normalized spacial score (nSPS) is 11.0. The highest BCUT2D eigenvalue weighted by molar-refractivity contribution is 6.67. The van der Waals surface area contributed by atoms with Gasteiger partial charge in [0, 0.05) is 12.2 Å². The number of halogens is 2. The van der Waals surface area contributed by atoms with Gasteiger partial charge in [-0.1, -0.05) is 12.1 Å². The van der Waals surface area contributed by atoms with Gasteiger partial charge in [0.2, 0.25) is 0 Å². The molecule has 116 valence electrons. The molecule has 0 aliphatic heterocycles. The van der Waals surface area contributed by atoms with Crippen LogP contribution in [0.25, 0.3) is 0 Å². The molecule has 0 saturated heterocycles. The molecule has 2 aromatic rings. The lowest BCUT2D eigenvalue weighted by atomic mass is 10.2. The molecule has 1 heterocycles. The minimum Gasteiger partial charge on any atom is -0.297 e. The Morgan fingerprint density at radius 1 is 1.23 bits per heavy atom. The van der Waals surface area contributed by atoms with Crippen LogP contribution in [0.2, 0.25) is 0 Å². The van der Waals surface area contributed by atoms with E-state index in [0.29, 0.717) is 5.56 Å². The zero-order valence-electron chi connectivity index (χ0n) is 12.0. The molecule has 0 radical (unpaired) electrons. The Kier molecular flexibility index (Phi) is 4.61. The lowest BCUT2D eigenvalue weighted by molar-refractivity contribution is 0.107. The third kappa shape index (κ3) is 3.17. The second-order valence-corrected chi connectivity index (χ2v) is 5.46. The summed E-state index contributed by atoms with van der Waals surface area (Å²) in [5, 5.41) is -0.924. The summed E-state index contributed by atoms with van der Waals surface area (Å²) in [5.74, 6) is -0.416. The molecular formula is C15H14ClFN2O3. The molecule has 0 saturated carbocycles. The van der Waals surface area contributed by atoms with Crippen LogP contribution in [0.5, 0.6) is 0 Å². The number of carbonyl (C=O) groups excluding carboxylic acids is 1. The van der Waals surface area contributed by atoms with Crippen LogP contribution in [0.4, 0.5) is 4.39 Å². The van der Waals surface area contributed by atoms with Gasteiger partial charge in [0.15, 0.2) is 0 Å². The fourth-order valence-corrected chi connectivity index (χ4v) is 2.17. The van der Waals surface area contributed by atoms with E-state index in [4.69, 9.17) is 11.6 Å². The molecule has 7 heteroatoms. The number of nitrogens with zero attached hydrogens (tertiary/aromatic N) is 2. The van der Waals surface area contributed by atoms with E-state index in [2.05, 4.69) is 0 Å². The van der Waals surface area contributed by atoms with Crippen LogP contribution in [-0.4, -0.2) is 14.4 Å². The number of hydrogen-bond donors (Lipinski definition) is 0. The number of benzene rings is 1. The van der Waals surface area contributed by atoms with Gasteiger partial charge in [0.1, 0.15) is 11.4 Å². The van der Waals surface area contributed by atoms with Gasteiger partial charge in [0.25, 0.3) is 10.8 Å². The van der Waals surface area contributed by atoms with Gasteiger partial charge in [-0.25, -0.2) is 9.18 Å². The monoisotopic (exact) mass is 324 g/mol. The van der Waals surface area contributed by atoms with Crippen molar-refractivity contribution in [2.75, 3.05) is 0 Å². The van der Waals surface area contributed by atoms with Crippen molar-refractivity contribution in [1.82, 2.24) is 9.13 Å². The Labute approximate surface area is 130 Å². The molecule has 0 unspecified atom stereocenters. The molecule has 0 fully saturated rings. The largest absolute Gasteiger partial charge is 0.331 e. The molecule has 5 nitrogen and oxygen atoms in total. The lowest BCUT2D eigenvalue weighted by Crippen LogP contribution is -2.42. The number of carbonyl (C=O) groups is 1. The molecule has 0 amide bonds. The van der Waals surface area contributed by atoms with Crippen molar-refractivity contribution >= 4 is 16.8 Å². The molecule has 0 N–H and O–H groups in total. The summed E-state index contributed by atoms with van der Waals surface area (Å²) in [7, 11) is 0. The van der Waals surface area contributed by atoms with E-state index >= 15 is 0 Å². The first kappa shape index (κ1) is 16.2. The van der Waals surface area contributed by atoms with E-state index in [-0.39, 0.29) is 18.2 Å². The maximum absolute atomic E-state index is 12.9. The zero-order chi connectivity index (χ0) is 16.4. The fraction of sp³-hybridized carbons (Fsp3) is 0.267. The van der Waals surface area contributed by atoms with Crippen molar-refractivity contribution in [3.05, 3.63) is 68.2 Å². The first-order chi connectivity index (χ1) is 10.3. The average molecular weight is 325 g/mol. The van der Waals surface area contributed by atoms with Crippen LogP contribution in [0, 0.1) is 5.82 Å². The first-order valence-corrected chi connectivity index (χ1v) is 6.99. The Morgan fingerprint density at radius 3 is 2.32 bits per heavy atom. The van der Waals surface area contributed by atoms with Gasteiger partial charge < -0.3 is 0 Å². The van der Waals surface area contributed by atoms with Crippen molar-refractivity contribution in [3.63, 3.8) is 0 Å². The maximum atomic E-state index is 12.9. The molecule has 0 aliphatic carbocycles. The Bertz CT molecular complexity index is 822. The van der Waals surface area contributed by atoms with Crippen LogP contribution >= 0.6 is 11.6 Å². The van der Waals surface area contributed by atoms with E-state index in [1.54, 1.807) is 13.8 Å². The molecular weight excluding hydrogens is 311 g/mol. The van der Waals surface area contributed by atoms with Gasteiger partial charge >= 0.3 is 5.69 Å². The van der Waals surface area contributed by atoms with Crippen LogP contribution in [-0.2, 0) is 6.54 Å². The molecule has 0 aliphatic rings. The molecule has 0 spiro atoms. The van der Waals surface area contributed by atoms with Crippen LogP contribution in [0.1, 0.15) is 35.8 Å². The van der Waals surface area contributed by atoms with E-state index in [1.807, 2.05) is 0 Å². The van der Waals surface area contributed by atoms with Gasteiger partial charge in [-0.2, -0.15) is 0 Å². The first-order valence-electron chi connectivity index (χ1n) is 6.61. The smallest absolute Gasteiger partial charge is 0.297 e. The molecule has 2 rings (SSSR count). The van der Waals surface area contributed by atoms with Crippen molar-refractivity contribution in [1.29, 1.82) is 0 Å². The van der Waals surface area contributed by atoms with Crippen LogP contribution < -0.4 is 11.2 Å². The highest BCUT2D eigenvalue weighted by Gasteiger charge is 2.17. The Balaban J connectivity index is 2.63. The van der Waals surface area contributed by atoms with Crippen molar-refractivity contribution < 1.29 is 9.18 Å². The number of hydrogen-bond acceptors (Lipinski definition) is 3. The van der Waals surface area contributed by atoms with Gasteiger partial charge in [0.05, 0.1) is 6.54 Å². The quantitative estimate of drug-likeness (QED) is 0.810. The summed E-state index contributed by atoms with van der Waals surface area (Å²) in [6, 6.07) is 5.16. The highest BCUT2D eigenvalue weighted by atomic mass is 35.5. The van der Waals surface area contributed by atoms with Gasteiger partial charge in [-0.15, -0.1) is 0 Å². The number of aromatic nitrogens is 2. The van der Waals surface area contributed by atoms with Gasteiger partial charge in [-0.05, 0) is 43.1 Å². The Morgan fingerprint density at radius 2 is 1.82 bits per heavy atom. The summed E-state index contributed by atoms with van der Waals surface area (Å²) in [5.41, 5.74) is -1.01. The molecule has 0 bridgehead atoms. The third-order valence-corrected chi connectivity index (χ3v) is 3.42. The summed E-state index contributed by atoms with van der Waals surface area (Å²) >= 11 is 5.42. The van der Waals surface area contributed by atoms with Crippen molar-refractivity contribution in [3.8, 4) is 0 Å². The zero-order valence-corrected chi connectivity index (χ0v) is 12.8. The lowest BCUT2D eigenvalue weighted by Gasteiger charge is -2.14. The summed E-state index contributed by atoms with van der Waals surface area (Å²) in [6.07, 6.45) is 1.17. The highest BCUT2D eigenvalue weighted by Crippen LogP contribution is 2.06. The van der Waals surface area contributed by atoms with Crippen molar-refractivity contribution in [2.45, 2.75) is 26.4 Å². The summed E-state index contributed by atoms with van der Waals surface area (Å²) in [6.45, 7) is 3.43. The predicted octanol–water partition coefficient (Wildman–Crippen LogP) is 2.16. The summed E-state index contributed by atoms with van der Waals surface area (Å²) in [4.78, 5) is 36.0. The van der Waals surface area contributed by atoms with E-state index in [1.165, 1.54) is 35.0 Å². The fourth-order valence-electron chi connectivity index (χ4n) is 2.04.